The lowest BCUT2D eigenvalue weighted by molar-refractivity contribution is -0.297. The van der Waals surface area contributed by atoms with Gasteiger partial charge in [-0.3, -0.25) is 14.1 Å². The molecule has 6 atom stereocenters. The normalized spacial score (nSPS) is 21.2. The standard InChI is InChI=1S/C39H74O12S/c1-3-5-7-9-11-13-15-16-17-18-20-22-24-26-28-35(41)50-32(29-48-34(40)27-25-23-21-19-14-12-10-8-6-4-2)30-49-39-38(44)37(43)36(42)33(51-39)31-52(45,46)47/h32-33,36-39,42-44H,3-31H2,1-2H3,(H,45,46,47)/t32-,33-,36-,37?,38?,39+/m1/s1. The molecule has 0 spiro atoms. The molecule has 52 heavy (non-hydrogen) atoms. The third-order valence-electron chi connectivity index (χ3n) is 9.69. The summed E-state index contributed by atoms with van der Waals surface area (Å²) >= 11 is 0. The first-order chi connectivity index (χ1) is 25.0. The number of esters is 2. The minimum Gasteiger partial charge on any atom is -0.462 e. The summed E-state index contributed by atoms with van der Waals surface area (Å²) in [5.74, 6) is -1.97. The average molecular weight is 767 g/mol. The first-order valence-electron chi connectivity index (χ1n) is 20.6. The van der Waals surface area contributed by atoms with Gasteiger partial charge in [-0.05, 0) is 12.8 Å². The molecule has 1 aliphatic heterocycles. The highest BCUT2D eigenvalue weighted by Gasteiger charge is 2.46. The topological polar surface area (TPSA) is 186 Å². The van der Waals surface area contributed by atoms with Crippen molar-refractivity contribution in [1.29, 1.82) is 0 Å². The Labute approximate surface area is 314 Å². The predicted octanol–water partition coefficient (Wildman–Crippen LogP) is 7.34. The van der Waals surface area contributed by atoms with Crippen molar-refractivity contribution in [3.8, 4) is 0 Å². The second kappa shape index (κ2) is 30.9. The van der Waals surface area contributed by atoms with Crippen LogP contribution in [0.3, 0.4) is 0 Å². The van der Waals surface area contributed by atoms with E-state index in [-0.39, 0.29) is 19.4 Å². The van der Waals surface area contributed by atoms with Crippen molar-refractivity contribution >= 4 is 22.1 Å². The molecule has 1 fully saturated rings. The number of carbonyl (C=O) groups excluding carboxylic acids is 2. The first-order valence-corrected chi connectivity index (χ1v) is 22.2. The molecule has 0 aromatic carbocycles. The van der Waals surface area contributed by atoms with Crippen LogP contribution in [0.25, 0.3) is 0 Å². The summed E-state index contributed by atoms with van der Waals surface area (Å²) in [4.78, 5) is 25.2. The predicted molar refractivity (Wildman–Crippen MR) is 201 cm³/mol. The van der Waals surface area contributed by atoms with Crippen LogP contribution >= 0.6 is 0 Å². The maximum absolute atomic E-state index is 12.7. The summed E-state index contributed by atoms with van der Waals surface area (Å²) in [6.45, 7) is 3.74. The fourth-order valence-electron chi connectivity index (χ4n) is 6.44. The maximum Gasteiger partial charge on any atom is 0.306 e. The Hall–Kier alpha value is -1.35. The van der Waals surface area contributed by atoms with Gasteiger partial charge in [0.05, 0.1) is 6.61 Å². The van der Waals surface area contributed by atoms with E-state index in [1.165, 1.54) is 103 Å². The van der Waals surface area contributed by atoms with Gasteiger partial charge in [0.2, 0.25) is 0 Å². The van der Waals surface area contributed by atoms with Crippen molar-refractivity contribution in [2.24, 2.45) is 0 Å². The SMILES string of the molecule is CCCCCCCCCCCCCCCCC(=O)O[C@H](COC(=O)CCCCCCCCCCCC)CO[C@H]1O[C@H](CS(=O)(=O)O)[C@@H](O)C(O)C1O. The van der Waals surface area contributed by atoms with E-state index < -0.39 is 71.2 Å². The number of carbonyl (C=O) groups is 2. The van der Waals surface area contributed by atoms with Crippen LogP contribution in [0.1, 0.15) is 181 Å². The molecule has 0 radical (unpaired) electrons. The molecule has 1 aliphatic rings. The first kappa shape index (κ1) is 48.7. The van der Waals surface area contributed by atoms with Gasteiger partial charge in [0, 0.05) is 12.8 Å². The molecule has 308 valence electrons. The second-order valence-electron chi connectivity index (χ2n) is 14.7. The molecule has 12 nitrogen and oxygen atoms in total. The van der Waals surface area contributed by atoms with E-state index in [9.17, 15) is 37.9 Å². The van der Waals surface area contributed by atoms with Crippen LogP contribution < -0.4 is 0 Å². The van der Waals surface area contributed by atoms with E-state index in [1.54, 1.807) is 0 Å². The number of aliphatic hydroxyl groups excluding tert-OH is 3. The monoisotopic (exact) mass is 766 g/mol. The van der Waals surface area contributed by atoms with Gasteiger partial charge >= 0.3 is 11.9 Å². The average Bonchev–Trinajstić information content (AvgIpc) is 3.10. The Balaban J connectivity index is 2.49. The second-order valence-corrected chi connectivity index (χ2v) is 16.2. The number of unbranched alkanes of at least 4 members (excludes halogenated alkanes) is 22. The van der Waals surface area contributed by atoms with Gasteiger partial charge < -0.3 is 34.3 Å². The molecule has 0 saturated carbocycles. The van der Waals surface area contributed by atoms with Crippen LogP contribution in [-0.4, -0.2) is 96.0 Å². The Morgan fingerprint density at radius 2 is 0.981 bits per heavy atom. The van der Waals surface area contributed by atoms with Gasteiger partial charge in [-0.1, -0.05) is 155 Å². The molecule has 4 N–H and O–H groups in total. The molecule has 1 heterocycles. The molecule has 0 aromatic heterocycles. The molecule has 2 unspecified atom stereocenters. The van der Waals surface area contributed by atoms with Crippen molar-refractivity contribution in [2.45, 2.75) is 218 Å². The zero-order valence-electron chi connectivity index (χ0n) is 32.4. The highest BCUT2D eigenvalue weighted by Crippen LogP contribution is 2.24. The lowest BCUT2D eigenvalue weighted by atomic mass is 10.00. The molecule has 1 rings (SSSR count). The highest BCUT2D eigenvalue weighted by atomic mass is 32.2. The van der Waals surface area contributed by atoms with Crippen LogP contribution in [0.2, 0.25) is 0 Å². The van der Waals surface area contributed by atoms with E-state index in [0.29, 0.717) is 12.8 Å². The number of rotatable bonds is 34. The van der Waals surface area contributed by atoms with Crippen molar-refractivity contribution in [1.82, 2.24) is 0 Å². The van der Waals surface area contributed by atoms with Crippen LogP contribution in [0, 0.1) is 0 Å². The Kier molecular flexibility index (Phi) is 28.9. The zero-order chi connectivity index (χ0) is 38.5. The summed E-state index contributed by atoms with van der Waals surface area (Å²) < 4.78 is 53.8. The van der Waals surface area contributed by atoms with E-state index in [4.69, 9.17) is 18.9 Å². The smallest absolute Gasteiger partial charge is 0.306 e. The minimum absolute atomic E-state index is 0.172. The van der Waals surface area contributed by atoms with Crippen LogP contribution in [0.4, 0.5) is 0 Å². The van der Waals surface area contributed by atoms with E-state index in [0.717, 1.165) is 38.5 Å². The van der Waals surface area contributed by atoms with Crippen molar-refractivity contribution in [2.75, 3.05) is 19.0 Å². The minimum atomic E-state index is -4.59. The Morgan fingerprint density at radius 3 is 1.40 bits per heavy atom. The molecule has 1 saturated heterocycles. The molecule has 0 aliphatic carbocycles. The van der Waals surface area contributed by atoms with Gasteiger partial charge in [0.15, 0.2) is 12.4 Å². The number of hydrogen-bond acceptors (Lipinski definition) is 11. The Bertz CT molecular complexity index is 994. The third-order valence-corrected chi connectivity index (χ3v) is 10.4. The largest absolute Gasteiger partial charge is 0.462 e. The highest BCUT2D eigenvalue weighted by molar-refractivity contribution is 7.85. The fraction of sp³-hybridized carbons (Fsp3) is 0.949. The van der Waals surface area contributed by atoms with E-state index in [2.05, 4.69) is 13.8 Å². The van der Waals surface area contributed by atoms with Gasteiger partial charge in [0.1, 0.15) is 36.8 Å². The summed E-state index contributed by atoms with van der Waals surface area (Å²) in [5.41, 5.74) is 0. The molecular weight excluding hydrogens is 692 g/mol. The van der Waals surface area contributed by atoms with Gasteiger partial charge in [-0.15, -0.1) is 0 Å². The lowest BCUT2D eigenvalue weighted by Crippen LogP contribution is -2.60. The molecule has 13 heteroatoms. The Morgan fingerprint density at radius 1 is 0.577 bits per heavy atom. The van der Waals surface area contributed by atoms with E-state index in [1.807, 2.05) is 0 Å². The number of hydrogen-bond donors (Lipinski definition) is 4. The van der Waals surface area contributed by atoms with Crippen molar-refractivity contribution in [3.05, 3.63) is 0 Å². The summed E-state index contributed by atoms with van der Waals surface area (Å²) in [6, 6.07) is 0. The van der Waals surface area contributed by atoms with Gasteiger partial charge in [0.25, 0.3) is 10.1 Å². The summed E-state index contributed by atoms with van der Waals surface area (Å²) in [7, 11) is -4.59. The zero-order valence-corrected chi connectivity index (χ0v) is 33.2. The van der Waals surface area contributed by atoms with Crippen molar-refractivity contribution in [3.63, 3.8) is 0 Å². The summed E-state index contributed by atoms with van der Waals surface area (Å²) in [6.07, 6.45) is 18.7. The molecule has 0 aromatic rings. The van der Waals surface area contributed by atoms with Crippen LogP contribution in [0.15, 0.2) is 0 Å². The van der Waals surface area contributed by atoms with Gasteiger partial charge in [-0.2, -0.15) is 8.42 Å². The fourth-order valence-corrected chi connectivity index (χ4v) is 7.13. The third kappa shape index (κ3) is 25.6. The van der Waals surface area contributed by atoms with E-state index >= 15 is 0 Å². The summed E-state index contributed by atoms with van der Waals surface area (Å²) in [5, 5.41) is 30.8. The molecule has 0 amide bonds. The number of ether oxygens (including phenoxy) is 4. The van der Waals surface area contributed by atoms with Gasteiger partial charge in [-0.25, -0.2) is 0 Å². The van der Waals surface area contributed by atoms with Crippen LogP contribution in [-0.2, 0) is 38.7 Å². The molecular formula is C39H74O12S. The quantitative estimate of drug-likeness (QED) is 0.0291. The molecule has 0 bridgehead atoms. The van der Waals surface area contributed by atoms with Crippen LogP contribution in [0.5, 0.6) is 0 Å². The van der Waals surface area contributed by atoms with Crippen molar-refractivity contribution < 1.29 is 56.8 Å². The maximum atomic E-state index is 12.7. The lowest BCUT2D eigenvalue weighted by Gasteiger charge is -2.40. The number of aliphatic hydroxyl groups is 3.